The second-order valence-corrected chi connectivity index (χ2v) is 5.48. The lowest BCUT2D eigenvalue weighted by atomic mass is 9.78. The molecule has 1 aliphatic rings. The summed E-state index contributed by atoms with van der Waals surface area (Å²) in [6, 6.07) is 4.38. The molecule has 20 heavy (non-hydrogen) atoms. The number of carbonyl (C=O) groups is 1. The second kappa shape index (κ2) is 4.06. The van der Waals surface area contributed by atoms with Gasteiger partial charge in [-0.05, 0) is 44.4 Å². The van der Waals surface area contributed by atoms with Crippen molar-refractivity contribution in [2.45, 2.75) is 31.7 Å². The highest BCUT2D eigenvalue weighted by molar-refractivity contribution is 5.92. The summed E-state index contributed by atoms with van der Waals surface area (Å²) in [5.74, 6) is -1.06. The Labute approximate surface area is 113 Å². The van der Waals surface area contributed by atoms with Gasteiger partial charge in [-0.3, -0.25) is 14.2 Å². The summed E-state index contributed by atoms with van der Waals surface area (Å²) in [4.78, 5) is 37.5. The van der Waals surface area contributed by atoms with Crippen LogP contribution in [0, 0.1) is 0 Å². The van der Waals surface area contributed by atoms with E-state index in [1.807, 2.05) is 6.92 Å². The molecule has 1 heterocycles. The van der Waals surface area contributed by atoms with Gasteiger partial charge in [-0.1, -0.05) is 0 Å². The number of hydrogen-bond acceptors (Lipinski definition) is 3. The number of nitrogens with one attached hydrogen (secondary N) is 1. The maximum absolute atomic E-state index is 12.2. The molecule has 0 spiro atoms. The lowest BCUT2D eigenvalue weighted by molar-refractivity contribution is 0.0697. The van der Waals surface area contributed by atoms with Crippen LogP contribution in [0.4, 0.5) is 0 Å². The Hall–Kier alpha value is -2.37. The van der Waals surface area contributed by atoms with Crippen LogP contribution in [0.3, 0.4) is 0 Å². The predicted octanol–water partition coefficient (Wildman–Crippen LogP) is 1.29. The first-order valence-corrected chi connectivity index (χ1v) is 6.45. The number of H-pyrrole nitrogens is 1. The summed E-state index contributed by atoms with van der Waals surface area (Å²) in [6.45, 7) is 1.92. The van der Waals surface area contributed by atoms with Crippen LogP contribution in [0.1, 0.15) is 36.5 Å². The fourth-order valence-corrected chi connectivity index (χ4v) is 2.79. The molecule has 6 heteroatoms. The number of benzene rings is 1. The van der Waals surface area contributed by atoms with Gasteiger partial charge >= 0.3 is 17.1 Å². The number of nitrogens with zero attached hydrogens (tertiary/aromatic N) is 1. The van der Waals surface area contributed by atoms with Crippen LogP contribution in [0.15, 0.2) is 27.8 Å². The number of fused-ring (bicyclic) bond motifs is 1. The maximum Gasteiger partial charge on any atom is 0.335 e. The minimum atomic E-state index is -1.06. The standard InChI is InChI=1S/C14H14N2O4/c1-14(5-2-6-14)16-10-7-8(13(19)20)3-4-9(10)15-11(17)12(16)18/h3-4,7H,2,5-6H2,1H3,(H,15,17)(H,19,20). The molecule has 3 rings (SSSR count). The quantitative estimate of drug-likeness (QED) is 0.807. The minimum absolute atomic E-state index is 0.0978. The summed E-state index contributed by atoms with van der Waals surface area (Å²) >= 11 is 0. The summed E-state index contributed by atoms with van der Waals surface area (Å²) in [6.07, 6.45) is 2.61. The molecule has 6 nitrogen and oxygen atoms in total. The van der Waals surface area contributed by atoms with Crippen molar-refractivity contribution in [1.29, 1.82) is 0 Å². The van der Waals surface area contributed by atoms with E-state index in [1.165, 1.54) is 22.8 Å². The van der Waals surface area contributed by atoms with Crippen molar-refractivity contribution in [1.82, 2.24) is 9.55 Å². The molecule has 0 unspecified atom stereocenters. The summed E-state index contributed by atoms with van der Waals surface area (Å²) < 4.78 is 1.46. The fourth-order valence-electron chi connectivity index (χ4n) is 2.79. The van der Waals surface area contributed by atoms with E-state index < -0.39 is 22.6 Å². The Bertz CT molecular complexity index is 827. The normalized spacial score (nSPS) is 16.9. The first kappa shape index (κ1) is 12.7. The molecule has 0 radical (unpaired) electrons. The third kappa shape index (κ3) is 1.68. The van der Waals surface area contributed by atoms with Gasteiger partial charge in [0.15, 0.2) is 0 Å². The van der Waals surface area contributed by atoms with E-state index in [1.54, 1.807) is 0 Å². The first-order chi connectivity index (χ1) is 9.42. The van der Waals surface area contributed by atoms with Crippen molar-refractivity contribution in [3.63, 3.8) is 0 Å². The third-order valence-corrected chi connectivity index (χ3v) is 4.10. The highest BCUT2D eigenvalue weighted by Gasteiger charge is 2.36. The minimum Gasteiger partial charge on any atom is -0.478 e. The predicted molar refractivity (Wildman–Crippen MR) is 73.3 cm³/mol. The van der Waals surface area contributed by atoms with Gasteiger partial charge in [0, 0.05) is 5.54 Å². The molecule has 1 aromatic carbocycles. The van der Waals surface area contributed by atoms with Crippen molar-refractivity contribution in [3.05, 3.63) is 44.5 Å². The number of rotatable bonds is 2. The molecule has 1 aliphatic carbocycles. The summed E-state index contributed by atoms with van der Waals surface area (Å²) in [5, 5.41) is 9.07. The van der Waals surface area contributed by atoms with Crippen molar-refractivity contribution in [2.75, 3.05) is 0 Å². The number of aromatic nitrogens is 2. The third-order valence-electron chi connectivity index (χ3n) is 4.10. The van der Waals surface area contributed by atoms with E-state index in [2.05, 4.69) is 4.98 Å². The lowest BCUT2D eigenvalue weighted by Crippen LogP contribution is -2.49. The molecule has 2 aromatic rings. The van der Waals surface area contributed by atoms with Gasteiger partial charge in [-0.2, -0.15) is 0 Å². The fraction of sp³-hybridized carbons (Fsp3) is 0.357. The Morgan fingerprint density at radius 1 is 1.35 bits per heavy atom. The van der Waals surface area contributed by atoms with Gasteiger partial charge in [-0.15, -0.1) is 0 Å². The largest absolute Gasteiger partial charge is 0.478 e. The van der Waals surface area contributed by atoms with Crippen molar-refractivity contribution in [2.24, 2.45) is 0 Å². The molecule has 1 fully saturated rings. The zero-order valence-corrected chi connectivity index (χ0v) is 11.0. The van der Waals surface area contributed by atoms with Gasteiger partial charge in [-0.25, -0.2) is 4.79 Å². The van der Waals surface area contributed by atoms with E-state index in [0.717, 1.165) is 19.3 Å². The topological polar surface area (TPSA) is 92.2 Å². The molecule has 0 bridgehead atoms. The van der Waals surface area contributed by atoms with Gasteiger partial charge < -0.3 is 10.1 Å². The van der Waals surface area contributed by atoms with E-state index in [9.17, 15) is 14.4 Å². The number of hydrogen-bond donors (Lipinski definition) is 2. The molecule has 0 aliphatic heterocycles. The number of aromatic carboxylic acids is 1. The maximum atomic E-state index is 12.2. The highest BCUT2D eigenvalue weighted by atomic mass is 16.4. The average Bonchev–Trinajstić information content (AvgIpc) is 2.37. The molecular formula is C14H14N2O4. The molecule has 0 saturated heterocycles. The van der Waals surface area contributed by atoms with Gasteiger partial charge in [0.2, 0.25) is 0 Å². The molecule has 0 atom stereocenters. The van der Waals surface area contributed by atoms with E-state index >= 15 is 0 Å². The molecule has 1 saturated carbocycles. The smallest absolute Gasteiger partial charge is 0.335 e. The lowest BCUT2D eigenvalue weighted by Gasteiger charge is -2.40. The summed E-state index contributed by atoms with van der Waals surface area (Å²) in [7, 11) is 0. The van der Waals surface area contributed by atoms with Gasteiger partial charge in [0.1, 0.15) is 0 Å². The zero-order chi connectivity index (χ0) is 14.5. The van der Waals surface area contributed by atoms with Crippen LogP contribution in [0.25, 0.3) is 11.0 Å². The molecular weight excluding hydrogens is 260 g/mol. The van der Waals surface area contributed by atoms with Crippen molar-refractivity contribution in [3.8, 4) is 0 Å². The molecule has 2 N–H and O–H groups in total. The Balaban J connectivity index is 2.42. The Kier molecular flexibility index (Phi) is 2.57. The first-order valence-electron chi connectivity index (χ1n) is 6.45. The van der Waals surface area contributed by atoms with Gasteiger partial charge in [0.05, 0.1) is 16.6 Å². The number of carboxylic acids is 1. The average molecular weight is 274 g/mol. The number of aromatic amines is 1. The van der Waals surface area contributed by atoms with Crippen molar-refractivity contribution >= 4 is 17.0 Å². The monoisotopic (exact) mass is 274 g/mol. The summed E-state index contributed by atoms with van der Waals surface area (Å²) in [5.41, 5.74) is -0.651. The Morgan fingerprint density at radius 2 is 2.05 bits per heavy atom. The SMILES string of the molecule is CC1(n2c(=O)c(=O)[nH]c3ccc(C(=O)O)cc32)CCC1. The molecule has 104 valence electrons. The number of carboxylic acid groups (broad SMARTS) is 1. The van der Waals surface area contributed by atoms with E-state index in [0.29, 0.717) is 11.0 Å². The van der Waals surface area contributed by atoms with Crippen LogP contribution in [-0.4, -0.2) is 20.6 Å². The van der Waals surface area contributed by atoms with Gasteiger partial charge in [0.25, 0.3) is 0 Å². The second-order valence-electron chi connectivity index (χ2n) is 5.48. The van der Waals surface area contributed by atoms with Crippen LogP contribution >= 0.6 is 0 Å². The van der Waals surface area contributed by atoms with Crippen molar-refractivity contribution < 1.29 is 9.90 Å². The van der Waals surface area contributed by atoms with E-state index in [-0.39, 0.29) is 5.56 Å². The zero-order valence-electron chi connectivity index (χ0n) is 11.0. The van der Waals surface area contributed by atoms with Crippen LogP contribution in [-0.2, 0) is 5.54 Å². The highest BCUT2D eigenvalue weighted by Crippen LogP contribution is 2.38. The van der Waals surface area contributed by atoms with Crippen LogP contribution < -0.4 is 11.1 Å². The molecule has 1 aromatic heterocycles. The van der Waals surface area contributed by atoms with Crippen LogP contribution in [0.5, 0.6) is 0 Å². The van der Waals surface area contributed by atoms with E-state index in [4.69, 9.17) is 5.11 Å². The Morgan fingerprint density at radius 3 is 2.60 bits per heavy atom. The molecule has 0 amide bonds. The van der Waals surface area contributed by atoms with Crippen LogP contribution in [0.2, 0.25) is 0 Å².